The van der Waals surface area contributed by atoms with Crippen molar-refractivity contribution in [2.75, 3.05) is 6.54 Å². The molecule has 0 saturated heterocycles. The van der Waals surface area contributed by atoms with E-state index >= 15 is 0 Å². The molecule has 1 amide bonds. The highest BCUT2D eigenvalue weighted by molar-refractivity contribution is 5.92. The number of fused-ring (bicyclic) bond motifs is 1. The van der Waals surface area contributed by atoms with Gasteiger partial charge in [0.25, 0.3) is 5.91 Å². The largest absolute Gasteiger partial charge is 0.449 e. The second-order valence-electron chi connectivity index (χ2n) is 4.78. The summed E-state index contributed by atoms with van der Waals surface area (Å²) in [7, 11) is 0. The van der Waals surface area contributed by atoms with Crippen LogP contribution in [0.3, 0.4) is 0 Å². The number of carbonyl (C=O) groups excluding carboxylic acids is 2. The van der Waals surface area contributed by atoms with Crippen LogP contribution < -0.4 is 5.32 Å². The van der Waals surface area contributed by atoms with Gasteiger partial charge in [-0.25, -0.2) is 4.79 Å². The van der Waals surface area contributed by atoms with Gasteiger partial charge in [-0.3, -0.25) is 4.79 Å². The zero-order chi connectivity index (χ0) is 13.8. The fourth-order valence-corrected chi connectivity index (χ4v) is 2.30. The average Bonchev–Trinajstić information content (AvgIpc) is 2.85. The SMILES string of the molecule is CCNC(=O)[C@H](C)OC(=O)c1ccc2c(c1)CCC2. The lowest BCUT2D eigenvalue weighted by Crippen LogP contribution is -2.35. The number of amides is 1. The molecule has 4 heteroatoms. The van der Waals surface area contributed by atoms with Crippen molar-refractivity contribution in [1.82, 2.24) is 5.32 Å². The molecule has 0 aromatic heterocycles. The lowest BCUT2D eigenvalue weighted by atomic mass is 10.1. The first kappa shape index (κ1) is 13.6. The third-order valence-corrected chi connectivity index (χ3v) is 3.34. The van der Waals surface area contributed by atoms with Gasteiger partial charge in [0, 0.05) is 6.54 Å². The molecule has 0 unspecified atom stereocenters. The van der Waals surface area contributed by atoms with E-state index in [1.54, 1.807) is 13.0 Å². The van der Waals surface area contributed by atoms with Gasteiger partial charge in [-0.05, 0) is 56.4 Å². The molecule has 1 atom stereocenters. The Morgan fingerprint density at radius 2 is 2.05 bits per heavy atom. The fraction of sp³-hybridized carbons (Fsp3) is 0.467. The number of hydrogen-bond acceptors (Lipinski definition) is 3. The molecule has 1 aromatic rings. The van der Waals surface area contributed by atoms with Crippen molar-refractivity contribution >= 4 is 11.9 Å². The molecule has 4 nitrogen and oxygen atoms in total. The number of benzene rings is 1. The van der Waals surface area contributed by atoms with Crippen molar-refractivity contribution < 1.29 is 14.3 Å². The minimum Gasteiger partial charge on any atom is -0.449 e. The molecule has 0 aliphatic heterocycles. The van der Waals surface area contributed by atoms with Crippen LogP contribution in [0.5, 0.6) is 0 Å². The van der Waals surface area contributed by atoms with Crippen molar-refractivity contribution in [3.05, 3.63) is 34.9 Å². The topological polar surface area (TPSA) is 55.4 Å². The number of nitrogens with one attached hydrogen (secondary N) is 1. The van der Waals surface area contributed by atoms with E-state index in [1.165, 1.54) is 11.1 Å². The van der Waals surface area contributed by atoms with Crippen LogP contribution in [0.25, 0.3) is 0 Å². The van der Waals surface area contributed by atoms with E-state index in [9.17, 15) is 9.59 Å². The quantitative estimate of drug-likeness (QED) is 0.842. The second-order valence-corrected chi connectivity index (χ2v) is 4.78. The highest BCUT2D eigenvalue weighted by Gasteiger charge is 2.19. The monoisotopic (exact) mass is 261 g/mol. The van der Waals surface area contributed by atoms with Gasteiger partial charge < -0.3 is 10.1 Å². The maximum absolute atomic E-state index is 12.0. The Morgan fingerprint density at radius 1 is 1.32 bits per heavy atom. The van der Waals surface area contributed by atoms with Crippen molar-refractivity contribution in [1.29, 1.82) is 0 Å². The van der Waals surface area contributed by atoms with E-state index in [-0.39, 0.29) is 5.91 Å². The van der Waals surface area contributed by atoms with E-state index in [2.05, 4.69) is 5.32 Å². The molecule has 0 saturated carbocycles. The maximum atomic E-state index is 12.0. The van der Waals surface area contributed by atoms with Crippen LogP contribution in [-0.4, -0.2) is 24.5 Å². The zero-order valence-corrected chi connectivity index (χ0v) is 11.4. The Bertz CT molecular complexity index is 496. The average molecular weight is 261 g/mol. The molecule has 0 heterocycles. The van der Waals surface area contributed by atoms with Gasteiger partial charge in [-0.1, -0.05) is 6.07 Å². The third-order valence-electron chi connectivity index (χ3n) is 3.34. The lowest BCUT2D eigenvalue weighted by Gasteiger charge is -2.13. The van der Waals surface area contributed by atoms with Crippen LogP contribution in [0.4, 0.5) is 0 Å². The van der Waals surface area contributed by atoms with E-state index in [1.807, 2.05) is 19.1 Å². The Balaban J connectivity index is 2.02. The Morgan fingerprint density at radius 3 is 2.79 bits per heavy atom. The summed E-state index contributed by atoms with van der Waals surface area (Å²) < 4.78 is 5.16. The van der Waals surface area contributed by atoms with Crippen LogP contribution in [0.15, 0.2) is 18.2 Å². The first-order valence-corrected chi connectivity index (χ1v) is 6.72. The normalized spacial score (nSPS) is 14.6. The van der Waals surface area contributed by atoms with Gasteiger partial charge in [-0.15, -0.1) is 0 Å². The molecule has 0 spiro atoms. The minimum absolute atomic E-state index is 0.267. The minimum atomic E-state index is -0.763. The number of esters is 1. The van der Waals surface area contributed by atoms with E-state index in [0.29, 0.717) is 12.1 Å². The van der Waals surface area contributed by atoms with Crippen LogP contribution in [0.2, 0.25) is 0 Å². The fourth-order valence-electron chi connectivity index (χ4n) is 2.30. The number of aryl methyl sites for hydroxylation is 2. The predicted octanol–water partition coefficient (Wildman–Crippen LogP) is 1.86. The summed E-state index contributed by atoms with van der Waals surface area (Å²) in [5.74, 6) is -0.703. The molecule has 1 N–H and O–H groups in total. The maximum Gasteiger partial charge on any atom is 0.338 e. The zero-order valence-electron chi connectivity index (χ0n) is 11.4. The first-order valence-electron chi connectivity index (χ1n) is 6.72. The number of likely N-dealkylation sites (N-methyl/N-ethyl adjacent to an activating group) is 1. The molecule has 1 aliphatic carbocycles. The van der Waals surface area contributed by atoms with Crippen LogP contribution in [-0.2, 0) is 22.4 Å². The van der Waals surface area contributed by atoms with Crippen LogP contribution in [0, 0.1) is 0 Å². The summed E-state index contributed by atoms with van der Waals surface area (Å²) in [6.45, 7) is 3.93. The standard InChI is InChI=1S/C15H19NO3/c1-3-16-14(17)10(2)19-15(18)13-8-7-11-5-4-6-12(11)9-13/h7-10H,3-6H2,1-2H3,(H,16,17)/t10-/m0/s1. The Kier molecular flexibility index (Phi) is 4.20. The Hall–Kier alpha value is -1.84. The van der Waals surface area contributed by atoms with E-state index in [4.69, 9.17) is 4.74 Å². The predicted molar refractivity (Wildman–Crippen MR) is 72.0 cm³/mol. The highest BCUT2D eigenvalue weighted by Crippen LogP contribution is 2.23. The molecular weight excluding hydrogens is 242 g/mol. The summed E-state index contributed by atoms with van der Waals surface area (Å²) in [6.07, 6.45) is 2.48. The molecule has 1 aromatic carbocycles. The summed E-state index contributed by atoms with van der Waals surface area (Å²) in [5, 5.41) is 2.63. The number of carbonyl (C=O) groups is 2. The second kappa shape index (κ2) is 5.87. The van der Waals surface area contributed by atoms with Gasteiger partial charge in [0.05, 0.1) is 5.56 Å². The molecule has 0 fully saturated rings. The molecular formula is C15H19NO3. The van der Waals surface area contributed by atoms with Gasteiger partial charge in [0.1, 0.15) is 0 Å². The number of hydrogen-bond donors (Lipinski definition) is 1. The molecule has 2 rings (SSSR count). The smallest absolute Gasteiger partial charge is 0.338 e. The van der Waals surface area contributed by atoms with Crippen LogP contribution in [0.1, 0.15) is 41.8 Å². The molecule has 1 aliphatic rings. The van der Waals surface area contributed by atoms with Gasteiger partial charge >= 0.3 is 5.97 Å². The molecule has 102 valence electrons. The van der Waals surface area contributed by atoms with Gasteiger partial charge in [0.2, 0.25) is 0 Å². The summed E-state index contributed by atoms with van der Waals surface area (Å²) >= 11 is 0. The molecule has 0 radical (unpaired) electrons. The van der Waals surface area contributed by atoms with Crippen molar-refractivity contribution in [2.24, 2.45) is 0 Å². The number of ether oxygens (including phenoxy) is 1. The van der Waals surface area contributed by atoms with Gasteiger partial charge in [-0.2, -0.15) is 0 Å². The van der Waals surface area contributed by atoms with E-state index < -0.39 is 12.1 Å². The van der Waals surface area contributed by atoms with E-state index in [0.717, 1.165) is 19.3 Å². The lowest BCUT2D eigenvalue weighted by molar-refractivity contribution is -0.128. The van der Waals surface area contributed by atoms with Crippen molar-refractivity contribution in [3.63, 3.8) is 0 Å². The van der Waals surface area contributed by atoms with Crippen LogP contribution >= 0.6 is 0 Å². The molecule has 19 heavy (non-hydrogen) atoms. The third kappa shape index (κ3) is 3.13. The first-order chi connectivity index (χ1) is 9.11. The summed E-state index contributed by atoms with van der Waals surface area (Å²) in [5.41, 5.74) is 3.06. The van der Waals surface area contributed by atoms with Gasteiger partial charge in [0.15, 0.2) is 6.10 Å². The highest BCUT2D eigenvalue weighted by atomic mass is 16.5. The molecule has 0 bridgehead atoms. The number of rotatable bonds is 4. The van der Waals surface area contributed by atoms with Crippen molar-refractivity contribution in [3.8, 4) is 0 Å². The van der Waals surface area contributed by atoms with Crippen molar-refractivity contribution in [2.45, 2.75) is 39.2 Å². The Labute approximate surface area is 113 Å². The summed E-state index contributed by atoms with van der Waals surface area (Å²) in [4.78, 5) is 23.5. The summed E-state index contributed by atoms with van der Waals surface area (Å²) in [6, 6.07) is 5.64.